The predicted molar refractivity (Wildman–Crippen MR) is 104 cm³/mol. The monoisotopic (exact) mass is 338 g/mol. The molecule has 0 heterocycles. The van der Waals surface area contributed by atoms with Crippen LogP contribution in [0.15, 0.2) is 60.7 Å². The first-order valence-electron chi connectivity index (χ1n) is 9.40. The van der Waals surface area contributed by atoms with Crippen LogP contribution in [0.2, 0.25) is 0 Å². The Balaban J connectivity index is 2.13. The van der Waals surface area contributed by atoms with E-state index in [1.54, 1.807) is 0 Å². The number of primary amides is 1. The van der Waals surface area contributed by atoms with Gasteiger partial charge in [0.05, 0.1) is 6.04 Å². The number of hydrogen-bond acceptors (Lipinski definition) is 1. The van der Waals surface area contributed by atoms with Gasteiger partial charge in [0.25, 0.3) is 0 Å². The largest absolute Gasteiger partial charge is 0.351 e. The summed E-state index contributed by atoms with van der Waals surface area (Å²) in [5.74, 6) is 0. The number of carbonyl (C=O) groups excluding carboxylic acids is 1. The van der Waals surface area contributed by atoms with Crippen LogP contribution in [0.5, 0.6) is 0 Å². The number of hydrogen-bond donors (Lipinski definition) is 1. The Morgan fingerprint density at radius 2 is 1.32 bits per heavy atom. The Bertz CT molecular complexity index is 573. The molecule has 0 fully saturated rings. The summed E-state index contributed by atoms with van der Waals surface area (Å²) in [4.78, 5) is 14.0. The van der Waals surface area contributed by atoms with Crippen LogP contribution in [0.4, 0.5) is 4.79 Å². The Kier molecular flexibility index (Phi) is 8.03. The van der Waals surface area contributed by atoms with Crippen LogP contribution in [0, 0.1) is 0 Å². The molecule has 3 nitrogen and oxygen atoms in total. The quantitative estimate of drug-likeness (QED) is 0.570. The van der Waals surface area contributed by atoms with Crippen LogP contribution < -0.4 is 5.73 Å². The van der Waals surface area contributed by atoms with Gasteiger partial charge in [0, 0.05) is 6.54 Å². The standard InChI is InChI=1S/C22H30N2O/c1-2-3-4-5-6-13-18-24(22(23)25)21(19-14-9-7-10-15-19)20-16-11-8-12-17-20/h7-12,14-17,21H,2-6,13,18H2,1H3,(H2,23,25). The lowest BCUT2D eigenvalue weighted by atomic mass is 9.97. The maximum Gasteiger partial charge on any atom is 0.315 e. The minimum absolute atomic E-state index is 0.129. The summed E-state index contributed by atoms with van der Waals surface area (Å²) in [6.07, 6.45) is 7.16. The summed E-state index contributed by atoms with van der Waals surface area (Å²) in [6, 6.07) is 19.8. The van der Waals surface area contributed by atoms with Gasteiger partial charge >= 0.3 is 6.03 Å². The molecule has 3 heteroatoms. The molecule has 0 atom stereocenters. The molecule has 0 aromatic heterocycles. The SMILES string of the molecule is CCCCCCCCN(C(N)=O)C(c1ccccc1)c1ccccc1. The molecule has 2 amide bonds. The van der Waals surface area contributed by atoms with Crippen LogP contribution in [-0.4, -0.2) is 17.5 Å². The minimum atomic E-state index is -0.355. The van der Waals surface area contributed by atoms with E-state index >= 15 is 0 Å². The van der Waals surface area contributed by atoms with Gasteiger partial charge in [-0.25, -0.2) is 4.79 Å². The molecule has 2 rings (SSSR count). The summed E-state index contributed by atoms with van der Waals surface area (Å²) >= 11 is 0. The molecule has 0 aliphatic heterocycles. The predicted octanol–water partition coefficient (Wildman–Crippen LogP) is 5.52. The second kappa shape index (κ2) is 10.5. The maximum absolute atomic E-state index is 12.2. The third kappa shape index (κ3) is 5.93. The fourth-order valence-corrected chi connectivity index (χ4v) is 3.25. The number of benzene rings is 2. The molecule has 2 aromatic rings. The van der Waals surface area contributed by atoms with Gasteiger partial charge in [0.1, 0.15) is 0 Å². The highest BCUT2D eigenvalue weighted by atomic mass is 16.2. The van der Waals surface area contributed by atoms with Crippen molar-refractivity contribution in [3.8, 4) is 0 Å². The number of urea groups is 1. The molecule has 0 saturated carbocycles. The van der Waals surface area contributed by atoms with E-state index in [4.69, 9.17) is 5.73 Å². The van der Waals surface area contributed by atoms with Gasteiger partial charge in [-0.2, -0.15) is 0 Å². The average molecular weight is 338 g/mol. The molecule has 0 radical (unpaired) electrons. The van der Waals surface area contributed by atoms with E-state index in [0.717, 1.165) is 24.0 Å². The molecular weight excluding hydrogens is 308 g/mol. The van der Waals surface area contributed by atoms with Crippen molar-refractivity contribution in [3.05, 3.63) is 71.8 Å². The number of unbranched alkanes of at least 4 members (excludes halogenated alkanes) is 5. The van der Waals surface area contributed by atoms with Crippen molar-refractivity contribution in [1.82, 2.24) is 4.90 Å². The van der Waals surface area contributed by atoms with E-state index in [9.17, 15) is 4.79 Å². The van der Waals surface area contributed by atoms with Crippen molar-refractivity contribution in [2.45, 2.75) is 51.5 Å². The fourth-order valence-electron chi connectivity index (χ4n) is 3.25. The summed E-state index contributed by atoms with van der Waals surface area (Å²) in [6.45, 7) is 2.91. The molecule has 0 spiro atoms. The first-order valence-corrected chi connectivity index (χ1v) is 9.40. The van der Waals surface area contributed by atoms with Crippen molar-refractivity contribution < 1.29 is 4.79 Å². The van der Waals surface area contributed by atoms with Crippen molar-refractivity contribution in [3.63, 3.8) is 0 Å². The fraction of sp³-hybridized carbons (Fsp3) is 0.409. The van der Waals surface area contributed by atoms with Gasteiger partial charge in [-0.15, -0.1) is 0 Å². The Hall–Kier alpha value is -2.29. The van der Waals surface area contributed by atoms with Gasteiger partial charge < -0.3 is 10.6 Å². The van der Waals surface area contributed by atoms with E-state index in [2.05, 4.69) is 31.2 Å². The Morgan fingerprint density at radius 3 is 1.80 bits per heavy atom. The van der Waals surface area contributed by atoms with E-state index in [-0.39, 0.29) is 12.1 Å². The lowest BCUT2D eigenvalue weighted by molar-refractivity contribution is 0.192. The lowest BCUT2D eigenvalue weighted by Crippen LogP contribution is -2.40. The van der Waals surface area contributed by atoms with E-state index < -0.39 is 0 Å². The zero-order valence-corrected chi connectivity index (χ0v) is 15.2. The first kappa shape index (κ1) is 19.0. The van der Waals surface area contributed by atoms with Crippen molar-refractivity contribution >= 4 is 6.03 Å². The molecule has 0 bridgehead atoms. The van der Waals surface area contributed by atoms with Gasteiger partial charge in [0.2, 0.25) is 0 Å². The van der Waals surface area contributed by atoms with Crippen molar-refractivity contribution in [2.24, 2.45) is 5.73 Å². The summed E-state index contributed by atoms with van der Waals surface area (Å²) in [5.41, 5.74) is 7.95. The zero-order chi connectivity index (χ0) is 17.9. The minimum Gasteiger partial charge on any atom is -0.351 e. The lowest BCUT2D eigenvalue weighted by Gasteiger charge is -2.31. The molecule has 0 aliphatic carbocycles. The smallest absolute Gasteiger partial charge is 0.315 e. The second-order valence-electron chi connectivity index (χ2n) is 6.52. The maximum atomic E-state index is 12.2. The number of carbonyl (C=O) groups is 1. The summed E-state index contributed by atoms with van der Waals surface area (Å²) in [5, 5.41) is 0. The molecule has 2 N–H and O–H groups in total. The molecule has 0 aliphatic rings. The molecule has 0 saturated heterocycles. The van der Waals surface area contributed by atoms with Crippen molar-refractivity contribution in [1.29, 1.82) is 0 Å². The topological polar surface area (TPSA) is 46.3 Å². The third-order valence-electron chi connectivity index (χ3n) is 4.58. The molecule has 134 valence electrons. The number of nitrogens with zero attached hydrogens (tertiary/aromatic N) is 1. The van der Waals surface area contributed by atoms with Crippen LogP contribution in [0.3, 0.4) is 0 Å². The highest BCUT2D eigenvalue weighted by Gasteiger charge is 2.24. The van der Waals surface area contributed by atoms with E-state index in [0.29, 0.717) is 6.54 Å². The summed E-state index contributed by atoms with van der Waals surface area (Å²) in [7, 11) is 0. The molecular formula is C22H30N2O. The van der Waals surface area contributed by atoms with Gasteiger partial charge in [-0.3, -0.25) is 0 Å². The third-order valence-corrected chi connectivity index (χ3v) is 4.58. The number of amides is 2. The first-order chi connectivity index (χ1) is 12.2. The van der Waals surface area contributed by atoms with Crippen LogP contribution in [0.1, 0.15) is 62.6 Å². The number of nitrogens with two attached hydrogens (primary N) is 1. The van der Waals surface area contributed by atoms with Gasteiger partial charge in [0.15, 0.2) is 0 Å². The van der Waals surface area contributed by atoms with E-state index in [1.807, 2.05) is 41.3 Å². The Labute approximate surface area is 151 Å². The van der Waals surface area contributed by atoms with Crippen LogP contribution in [-0.2, 0) is 0 Å². The molecule has 2 aromatic carbocycles. The highest BCUT2D eigenvalue weighted by Crippen LogP contribution is 2.28. The Morgan fingerprint density at radius 1 is 0.840 bits per heavy atom. The molecule has 25 heavy (non-hydrogen) atoms. The molecule has 0 unspecified atom stereocenters. The second-order valence-corrected chi connectivity index (χ2v) is 6.52. The van der Waals surface area contributed by atoms with Crippen LogP contribution >= 0.6 is 0 Å². The van der Waals surface area contributed by atoms with Gasteiger partial charge in [-0.05, 0) is 17.5 Å². The van der Waals surface area contributed by atoms with Crippen molar-refractivity contribution in [2.75, 3.05) is 6.54 Å². The van der Waals surface area contributed by atoms with Gasteiger partial charge in [-0.1, -0.05) is 99.7 Å². The highest BCUT2D eigenvalue weighted by molar-refractivity contribution is 5.73. The normalized spacial score (nSPS) is 10.8. The zero-order valence-electron chi connectivity index (χ0n) is 15.2. The summed E-state index contributed by atoms with van der Waals surface area (Å²) < 4.78 is 0. The van der Waals surface area contributed by atoms with E-state index in [1.165, 1.54) is 25.7 Å². The average Bonchev–Trinajstić information content (AvgIpc) is 2.65. The number of rotatable bonds is 10. The van der Waals surface area contributed by atoms with Crippen LogP contribution in [0.25, 0.3) is 0 Å².